The molecule has 2 aromatic rings. The lowest BCUT2D eigenvalue weighted by atomic mass is 10.1. The van der Waals surface area contributed by atoms with E-state index in [4.69, 9.17) is 9.26 Å². The number of hydrogen-bond acceptors (Lipinski definition) is 6. The molecule has 0 unspecified atom stereocenters. The topological polar surface area (TPSA) is 83.6 Å². The summed E-state index contributed by atoms with van der Waals surface area (Å²) in [7, 11) is 1.39. The second kappa shape index (κ2) is 6.57. The lowest BCUT2D eigenvalue weighted by Gasteiger charge is -2.06. The third-order valence-electron chi connectivity index (χ3n) is 3.20. The number of hydrogen-bond donors (Lipinski definition) is 0. The number of carbonyl (C=O) groups excluding carboxylic acids is 2. The molecule has 0 aliphatic carbocycles. The maximum absolute atomic E-state index is 12.2. The summed E-state index contributed by atoms with van der Waals surface area (Å²) in [5.74, 6) is 0.451. The predicted octanol–water partition coefficient (Wildman–Crippen LogP) is 1.76. The largest absolute Gasteiger partial charge is 0.456 e. The molecular weight excluding hydrogens is 288 g/mol. The van der Waals surface area contributed by atoms with Crippen LogP contribution in [0.2, 0.25) is 0 Å². The second-order valence-corrected chi connectivity index (χ2v) is 4.93. The van der Waals surface area contributed by atoms with Crippen LogP contribution >= 0.6 is 0 Å². The normalized spacial score (nSPS) is 10.7. The second-order valence-electron chi connectivity index (χ2n) is 4.93. The van der Waals surface area contributed by atoms with Gasteiger partial charge in [0, 0.05) is 30.1 Å². The molecule has 0 fully saturated rings. The molecule has 0 radical (unpaired) electrons. The molecule has 0 amide bonds. The van der Waals surface area contributed by atoms with Crippen LogP contribution in [0.3, 0.4) is 0 Å². The van der Waals surface area contributed by atoms with Crippen molar-refractivity contribution in [1.29, 1.82) is 0 Å². The van der Waals surface area contributed by atoms with Crippen LogP contribution < -0.4 is 0 Å². The van der Waals surface area contributed by atoms with Crippen LogP contribution in [0.4, 0.5) is 0 Å². The number of rotatable bonds is 6. The van der Waals surface area contributed by atoms with Crippen LogP contribution in [0.15, 0.2) is 16.7 Å². The average Bonchev–Trinajstić information content (AvgIpc) is 3.00. The lowest BCUT2D eigenvalue weighted by molar-refractivity contribution is -0.146. The summed E-state index contributed by atoms with van der Waals surface area (Å²) in [6.45, 7) is 4.98. The van der Waals surface area contributed by atoms with E-state index >= 15 is 0 Å². The Labute approximate surface area is 127 Å². The molecule has 0 aliphatic rings. The highest BCUT2D eigenvalue weighted by molar-refractivity contribution is 5.99. The van der Waals surface area contributed by atoms with Crippen LogP contribution in [0.1, 0.15) is 27.5 Å². The van der Waals surface area contributed by atoms with Crippen molar-refractivity contribution in [1.82, 2.24) is 9.72 Å². The summed E-state index contributed by atoms with van der Waals surface area (Å²) in [6.07, 6.45) is 0. The molecule has 0 atom stereocenters. The van der Waals surface area contributed by atoms with Crippen LogP contribution in [0.5, 0.6) is 0 Å². The first-order valence-electron chi connectivity index (χ1n) is 6.74. The number of carbonyl (C=O) groups is 2. The lowest BCUT2D eigenvalue weighted by Crippen LogP contribution is -2.17. The minimum absolute atomic E-state index is 0.176. The molecule has 0 aliphatic heterocycles. The van der Waals surface area contributed by atoms with Gasteiger partial charge in [0.15, 0.2) is 12.4 Å². The van der Waals surface area contributed by atoms with E-state index in [1.165, 1.54) is 7.11 Å². The van der Waals surface area contributed by atoms with Crippen molar-refractivity contribution in [3.05, 3.63) is 34.8 Å². The van der Waals surface area contributed by atoms with Crippen molar-refractivity contribution >= 4 is 11.8 Å². The van der Waals surface area contributed by atoms with Crippen LogP contribution in [-0.4, -0.2) is 41.8 Å². The zero-order valence-corrected chi connectivity index (χ0v) is 13.0. The molecular formula is C15H18N2O5. The zero-order chi connectivity index (χ0) is 16.3. The molecule has 2 aromatic heterocycles. The van der Waals surface area contributed by atoms with Crippen molar-refractivity contribution in [2.24, 2.45) is 0 Å². The summed E-state index contributed by atoms with van der Waals surface area (Å²) in [4.78, 5) is 23.4. The van der Waals surface area contributed by atoms with Gasteiger partial charge in [0.2, 0.25) is 5.78 Å². The number of ether oxygens (including phenoxy) is 2. The maximum Gasteiger partial charge on any atom is 0.332 e. The van der Waals surface area contributed by atoms with Gasteiger partial charge in [0.25, 0.3) is 0 Å². The summed E-state index contributed by atoms with van der Waals surface area (Å²) >= 11 is 0. The van der Waals surface area contributed by atoms with Gasteiger partial charge in [0.05, 0.1) is 0 Å². The third kappa shape index (κ3) is 3.25. The molecule has 0 spiro atoms. The van der Waals surface area contributed by atoms with E-state index in [0.717, 1.165) is 11.4 Å². The molecule has 2 heterocycles. The Morgan fingerprint density at radius 1 is 1.23 bits per heavy atom. The van der Waals surface area contributed by atoms with Crippen molar-refractivity contribution in [3.8, 4) is 5.82 Å². The van der Waals surface area contributed by atoms with Crippen LogP contribution in [0, 0.1) is 20.8 Å². The third-order valence-corrected chi connectivity index (χ3v) is 3.20. The summed E-state index contributed by atoms with van der Waals surface area (Å²) in [5, 5.41) is 3.95. The van der Waals surface area contributed by atoms with E-state index in [9.17, 15) is 9.59 Å². The minimum atomic E-state index is -0.572. The molecule has 0 aromatic carbocycles. The zero-order valence-electron chi connectivity index (χ0n) is 13.0. The monoisotopic (exact) mass is 306 g/mol. The molecule has 7 nitrogen and oxygen atoms in total. The quantitative estimate of drug-likeness (QED) is 0.597. The first kappa shape index (κ1) is 16.0. The smallest absolute Gasteiger partial charge is 0.332 e. The molecule has 22 heavy (non-hydrogen) atoms. The van der Waals surface area contributed by atoms with Gasteiger partial charge >= 0.3 is 5.97 Å². The Morgan fingerprint density at radius 2 is 1.95 bits per heavy atom. The summed E-state index contributed by atoms with van der Waals surface area (Å²) < 4.78 is 16.4. The fourth-order valence-corrected chi connectivity index (χ4v) is 2.24. The van der Waals surface area contributed by atoms with Gasteiger partial charge in [-0.05, 0) is 26.8 Å². The van der Waals surface area contributed by atoms with Gasteiger partial charge in [-0.15, -0.1) is 0 Å². The molecule has 0 bridgehead atoms. The molecule has 2 rings (SSSR count). The van der Waals surface area contributed by atoms with Gasteiger partial charge in [-0.1, -0.05) is 5.16 Å². The van der Waals surface area contributed by atoms with Gasteiger partial charge in [-0.25, -0.2) is 4.79 Å². The van der Waals surface area contributed by atoms with E-state index in [1.807, 2.05) is 11.5 Å². The highest BCUT2D eigenvalue weighted by atomic mass is 16.6. The number of nitrogens with zero attached hydrogens (tertiary/aromatic N) is 2. The number of aryl methyl sites for hydroxylation is 2. The number of esters is 1. The first-order valence-corrected chi connectivity index (χ1v) is 6.74. The van der Waals surface area contributed by atoms with Gasteiger partial charge < -0.3 is 14.0 Å². The Bertz CT molecular complexity index is 699. The maximum atomic E-state index is 12.2. The highest BCUT2D eigenvalue weighted by Crippen LogP contribution is 2.21. The van der Waals surface area contributed by atoms with Crippen LogP contribution in [0.25, 0.3) is 5.82 Å². The molecule has 7 heteroatoms. The van der Waals surface area contributed by atoms with Gasteiger partial charge in [-0.3, -0.25) is 9.36 Å². The molecule has 118 valence electrons. The molecule has 0 saturated heterocycles. The van der Waals surface area contributed by atoms with Gasteiger partial charge in [0.1, 0.15) is 12.4 Å². The minimum Gasteiger partial charge on any atom is -0.456 e. The first-order chi connectivity index (χ1) is 10.4. The van der Waals surface area contributed by atoms with E-state index in [1.54, 1.807) is 26.0 Å². The number of aromatic nitrogens is 2. The Morgan fingerprint density at radius 3 is 2.55 bits per heavy atom. The Balaban J connectivity index is 2.19. The fourth-order valence-electron chi connectivity index (χ4n) is 2.24. The SMILES string of the molecule is COCC(=O)OCC(=O)c1cc(C)n(-c2cc(C)on2)c1C. The van der Waals surface area contributed by atoms with E-state index < -0.39 is 5.97 Å². The van der Waals surface area contributed by atoms with Crippen molar-refractivity contribution < 1.29 is 23.6 Å². The fraction of sp³-hybridized carbons (Fsp3) is 0.400. The summed E-state index contributed by atoms with van der Waals surface area (Å²) in [6, 6.07) is 3.53. The summed E-state index contributed by atoms with van der Waals surface area (Å²) in [5.41, 5.74) is 2.05. The number of Topliss-reactive ketones (excluding diaryl/α,β-unsaturated/α-hetero) is 1. The van der Waals surface area contributed by atoms with E-state index in [2.05, 4.69) is 9.89 Å². The highest BCUT2D eigenvalue weighted by Gasteiger charge is 2.19. The number of ketones is 1. The van der Waals surface area contributed by atoms with Crippen molar-refractivity contribution in [2.75, 3.05) is 20.3 Å². The Hall–Kier alpha value is -2.41. The van der Waals surface area contributed by atoms with Crippen molar-refractivity contribution in [2.45, 2.75) is 20.8 Å². The van der Waals surface area contributed by atoms with Crippen molar-refractivity contribution in [3.63, 3.8) is 0 Å². The van der Waals surface area contributed by atoms with E-state index in [0.29, 0.717) is 17.1 Å². The number of methoxy groups -OCH3 is 1. The van der Waals surface area contributed by atoms with E-state index in [-0.39, 0.29) is 19.0 Å². The molecule has 0 saturated carbocycles. The predicted molar refractivity (Wildman–Crippen MR) is 77.2 cm³/mol. The van der Waals surface area contributed by atoms with Crippen LogP contribution in [-0.2, 0) is 14.3 Å². The van der Waals surface area contributed by atoms with Gasteiger partial charge in [-0.2, -0.15) is 0 Å². The molecule has 0 N–H and O–H groups in total. The average molecular weight is 306 g/mol. The standard InChI is InChI=1S/C15H18N2O5/c1-9-5-12(13(18)7-21-15(19)8-20-4)11(3)17(9)14-6-10(2)22-16-14/h5-6H,7-8H2,1-4H3. The Kier molecular flexibility index (Phi) is 4.77.